The Labute approximate surface area is 200 Å². The Bertz CT molecular complexity index is 1050. The number of nitrogens with one attached hydrogen (secondary N) is 2. The second-order valence-corrected chi connectivity index (χ2v) is 8.60. The van der Waals surface area contributed by atoms with E-state index in [-0.39, 0.29) is 18.9 Å². The van der Waals surface area contributed by atoms with Gasteiger partial charge in [0.25, 0.3) is 0 Å². The minimum absolute atomic E-state index is 0.0933. The van der Waals surface area contributed by atoms with Crippen LogP contribution in [0.3, 0.4) is 0 Å². The number of rotatable bonds is 11. The zero-order valence-electron chi connectivity index (χ0n) is 19.6. The van der Waals surface area contributed by atoms with Crippen LogP contribution in [0.4, 0.5) is 8.78 Å². The first-order valence-corrected chi connectivity index (χ1v) is 11.6. The van der Waals surface area contributed by atoms with Crippen molar-refractivity contribution in [3.63, 3.8) is 0 Å². The summed E-state index contributed by atoms with van der Waals surface area (Å²) >= 11 is 0. The second kappa shape index (κ2) is 12.4. The highest BCUT2D eigenvalue weighted by atomic mass is 19.1. The fourth-order valence-corrected chi connectivity index (χ4v) is 3.93. The van der Waals surface area contributed by atoms with E-state index in [0.29, 0.717) is 12.1 Å². The van der Waals surface area contributed by atoms with Gasteiger partial charge in [0.2, 0.25) is 5.91 Å². The molecular formula is C28H32F2N2O2. The topological polar surface area (TPSA) is 61.4 Å². The lowest BCUT2D eigenvalue weighted by Gasteiger charge is -2.26. The van der Waals surface area contributed by atoms with Crippen LogP contribution in [0.15, 0.2) is 72.8 Å². The number of halogens is 2. The molecule has 3 atom stereocenters. The number of benzene rings is 3. The number of aliphatic hydroxyl groups is 1. The van der Waals surface area contributed by atoms with Crippen LogP contribution >= 0.6 is 0 Å². The van der Waals surface area contributed by atoms with Crippen LogP contribution in [0.5, 0.6) is 0 Å². The normalized spacial score (nSPS) is 13.8. The number of aliphatic hydroxyl groups excluding tert-OH is 1. The third-order valence-corrected chi connectivity index (χ3v) is 5.95. The van der Waals surface area contributed by atoms with Gasteiger partial charge in [-0.1, -0.05) is 61.5 Å². The van der Waals surface area contributed by atoms with Crippen molar-refractivity contribution in [1.29, 1.82) is 0 Å². The van der Waals surface area contributed by atoms with E-state index in [4.69, 9.17) is 0 Å². The van der Waals surface area contributed by atoms with Gasteiger partial charge in [0, 0.05) is 19.2 Å². The van der Waals surface area contributed by atoms with Gasteiger partial charge in [-0.25, -0.2) is 8.78 Å². The molecule has 0 fully saturated rings. The lowest BCUT2D eigenvalue weighted by atomic mass is 9.97. The molecule has 0 saturated carbocycles. The Kier molecular flexibility index (Phi) is 9.31. The van der Waals surface area contributed by atoms with Gasteiger partial charge in [-0.05, 0) is 54.2 Å². The highest BCUT2D eigenvalue weighted by Crippen LogP contribution is 2.17. The van der Waals surface area contributed by atoms with Crippen LogP contribution in [0, 0.1) is 11.6 Å². The third-order valence-electron chi connectivity index (χ3n) is 5.95. The monoisotopic (exact) mass is 466 g/mol. The zero-order valence-corrected chi connectivity index (χ0v) is 19.6. The largest absolute Gasteiger partial charge is 0.390 e. The highest BCUT2D eigenvalue weighted by Gasteiger charge is 2.25. The molecule has 0 spiro atoms. The summed E-state index contributed by atoms with van der Waals surface area (Å²) < 4.78 is 27.5. The van der Waals surface area contributed by atoms with Gasteiger partial charge in [-0.3, -0.25) is 4.79 Å². The number of aryl methyl sites for hydroxylation is 1. The van der Waals surface area contributed by atoms with Gasteiger partial charge in [0.05, 0.1) is 18.1 Å². The Hall–Kier alpha value is -3.09. The predicted molar refractivity (Wildman–Crippen MR) is 130 cm³/mol. The van der Waals surface area contributed by atoms with Gasteiger partial charge >= 0.3 is 0 Å². The van der Waals surface area contributed by atoms with E-state index in [1.165, 1.54) is 17.7 Å². The van der Waals surface area contributed by atoms with E-state index in [2.05, 4.69) is 29.7 Å². The average molecular weight is 467 g/mol. The summed E-state index contributed by atoms with van der Waals surface area (Å²) in [5, 5.41) is 17.0. The van der Waals surface area contributed by atoms with Gasteiger partial charge in [-0.2, -0.15) is 0 Å². The van der Waals surface area contributed by atoms with Crippen molar-refractivity contribution in [3.05, 3.63) is 107 Å². The predicted octanol–water partition coefficient (Wildman–Crippen LogP) is 4.51. The molecule has 0 aromatic heterocycles. The molecule has 3 aromatic rings. The maximum absolute atomic E-state index is 13.7. The summed E-state index contributed by atoms with van der Waals surface area (Å²) in [5.74, 6) is -2.09. The van der Waals surface area contributed by atoms with Gasteiger partial charge in [-0.15, -0.1) is 0 Å². The number of carbonyl (C=O) groups excluding carboxylic acids is 1. The summed E-state index contributed by atoms with van der Waals surface area (Å²) in [6, 6.07) is 20.0. The van der Waals surface area contributed by atoms with E-state index >= 15 is 0 Å². The summed E-state index contributed by atoms with van der Waals surface area (Å²) in [7, 11) is 0. The van der Waals surface area contributed by atoms with Crippen LogP contribution in [-0.4, -0.2) is 29.7 Å². The van der Waals surface area contributed by atoms with Crippen molar-refractivity contribution < 1.29 is 18.7 Å². The van der Waals surface area contributed by atoms with Crippen molar-refractivity contribution in [3.8, 4) is 0 Å². The van der Waals surface area contributed by atoms with Crippen LogP contribution < -0.4 is 10.6 Å². The molecule has 0 aliphatic carbocycles. The molecule has 0 aliphatic heterocycles. The molecule has 3 N–H and O–H groups in total. The molecular weight excluding hydrogens is 434 g/mol. The summed E-state index contributed by atoms with van der Waals surface area (Å²) in [6.07, 6.45) is 0.0670. The van der Waals surface area contributed by atoms with E-state index in [0.717, 1.165) is 23.6 Å². The first kappa shape index (κ1) is 25.5. The third kappa shape index (κ3) is 7.47. The van der Waals surface area contributed by atoms with Gasteiger partial charge in [0.15, 0.2) is 0 Å². The van der Waals surface area contributed by atoms with E-state index in [1.807, 2.05) is 42.5 Å². The quantitative estimate of drug-likeness (QED) is 0.390. The van der Waals surface area contributed by atoms with E-state index in [1.54, 1.807) is 6.92 Å². The van der Waals surface area contributed by atoms with Crippen LogP contribution in [-0.2, 0) is 24.2 Å². The Morgan fingerprint density at radius 2 is 1.59 bits per heavy atom. The number of hydrogen-bond donors (Lipinski definition) is 3. The first-order chi connectivity index (χ1) is 16.4. The number of amides is 1. The molecule has 0 bridgehead atoms. The smallest absolute Gasteiger partial charge is 0.227 e. The van der Waals surface area contributed by atoms with Crippen molar-refractivity contribution >= 4 is 5.91 Å². The van der Waals surface area contributed by atoms with Crippen LogP contribution in [0.2, 0.25) is 0 Å². The first-order valence-electron chi connectivity index (χ1n) is 11.6. The fraction of sp³-hybridized carbons (Fsp3) is 0.321. The van der Waals surface area contributed by atoms with Crippen LogP contribution in [0.1, 0.15) is 42.0 Å². The molecule has 6 heteroatoms. The van der Waals surface area contributed by atoms with Crippen molar-refractivity contribution in [2.75, 3.05) is 6.54 Å². The summed E-state index contributed by atoms with van der Waals surface area (Å²) in [5.41, 5.74) is 3.54. The van der Waals surface area contributed by atoms with Gasteiger partial charge < -0.3 is 15.7 Å². The standard InChI is InChI=1S/C28H32F2N2O2/c1-3-20-8-7-9-21(12-20)17-31-18-27(33)26(15-22-13-24(29)16-25(30)14-22)32-28(34)19(2)23-10-5-4-6-11-23/h4-14,16,19,26-27,31,33H,3,15,17-18H2,1-2H3,(H,32,34)/t19?,26-,27+/m0/s1. The van der Waals surface area contributed by atoms with Crippen molar-refractivity contribution in [2.45, 2.75) is 51.3 Å². The second-order valence-electron chi connectivity index (χ2n) is 8.60. The number of carbonyl (C=O) groups is 1. The molecule has 0 radical (unpaired) electrons. The van der Waals surface area contributed by atoms with Crippen molar-refractivity contribution in [1.82, 2.24) is 10.6 Å². The zero-order chi connectivity index (χ0) is 24.5. The highest BCUT2D eigenvalue weighted by molar-refractivity contribution is 5.83. The Morgan fingerprint density at radius 3 is 2.26 bits per heavy atom. The van der Waals surface area contributed by atoms with Crippen molar-refractivity contribution in [2.24, 2.45) is 0 Å². The molecule has 0 saturated heterocycles. The van der Waals surface area contributed by atoms with Gasteiger partial charge in [0.1, 0.15) is 11.6 Å². The minimum Gasteiger partial charge on any atom is -0.390 e. The Morgan fingerprint density at radius 1 is 0.912 bits per heavy atom. The van der Waals surface area contributed by atoms with E-state index < -0.39 is 29.7 Å². The maximum atomic E-state index is 13.7. The maximum Gasteiger partial charge on any atom is 0.227 e. The Balaban J connectivity index is 1.69. The molecule has 1 amide bonds. The molecule has 34 heavy (non-hydrogen) atoms. The molecule has 1 unspecified atom stereocenters. The average Bonchev–Trinajstić information content (AvgIpc) is 2.83. The molecule has 3 aromatic carbocycles. The van der Waals surface area contributed by atoms with Crippen LogP contribution in [0.25, 0.3) is 0 Å². The molecule has 0 heterocycles. The lowest BCUT2D eigenvalue weighted by molar-refractivity contribution is -0.123. The summed E-state index contributed by atoms with van der Waals surface area (Å²) in [4.78, 5) is 13.0. The lowest BCUT2D eigenvalue weighted by Crippen LogP contribution is -2.49. The number of hydrogen-bond acceptors (Lipinski definition) is 3. The minimum atomic E-state index is -0.965. The summed E-state index contributed by atoms with van der Waals surface area (Å²) in [6.45, 7) is 4.64. The van der Waals surface area contributed by atoms with E-state index in [9.17, 15) is 18.7 Å². The molecule has 180 valence electrons. The SMILES string of the molecule is CCc1cccc(CNC[C@@H](O)[C@H](Cc2cc(F)cc(F)c2)NC(=O)C(C)c2ccccc2)c1. The molecule has 0 aliphatic rings. The molecule has 3 rings (SSSR count). The fourth-order valence-electron chi connectivity index (χ4n) is 3.93. The molecule has 4 nitrogen and oxygen atoms in total.